The van der Waals surface area contributed by atoms with Crippen molar-refractivity contribution < 1.29 is 18.4 Å². The van der Waals surface area contributed by atoms with Gasteiger partial charge in [0.25, 0.3) is 0 Å². The second kappa shape index (κ2) is 13.3. The summed E-state index contributed by atoms with van der Waals surface area (Å²) in [6.45, 7) is 1.51. The Morgan fingerprint density at radius 1 is 0.717 bits per heavy atom. The van der Waals surface area contributed by atoms with Gasteiger partial charge in [-0.05, 0) is 43.5 Å². The van der Waals surface area contributed by atoms with Crippen LogP contribution in [0.25, 0.3) is 0 Å². The first-order valence-electron chi connectivity index (χ1n) is 15.3. The summed E-state index contributed by atoms with van der Waals surface area (Å²) in [7, 11) is 0. The number of amides is 2. The summed E-state index contributed by atoms with van der Waals surface area (Å²) in [5.74, 6) is -0.0815. The SMILES string of the molecule is O=C(Cc1ccc(N2CC(F)C2)cn1)Nc1nnc([C@H]2CCC[C@H](c3nnc(NC(=O)Cc4ccc(N5CC(F)C5)cn4)s3)C2)s1. The third-order valence-corrected chi connectivity index (χ3v) is 10.5. The number of nitrogens with one attached hydrogen (secondary N) is 2. The lowest BCUT2D eigenvalue weighted by atomic mass is 9.82. The highest BCUT2D eigenvalue weighted by molar-refractivity contribution is 7.15. The average Bonchev–Trinajstić information content (AvgIpc) is 3.69. The minimum absolute atomic E-state index is 0.103. The Labute approximate surface area is 271 Å². The van der Waals surface area contributed by atoms with Crippen LogP contribution >= 0.6 is 22.7 Å². The van der Waals surface area contributed by atoms with Gasteiger partial charge in [0.2, 0.25) is 22.1 Å². The molecular formula is C30H32F2N10O2S2. The van der Waals surface area contributed by atoms with E-state index in [2.05, 4.69) is 41.0 Å². The van der Waals surface area contributed by atoms with Gasteiger partial charge in [-0.1, -0.05) is 29.1 Å². The molecule has 2 atom stereocenters. The Hall–Kier alpha value is -4.18. The van der Waals surface area contributed by atoms with Gasteiger partial charge in [0, 0.05) is 23.2 Å². The van der Waals surface area contributed by atoms with Crippen molar-refractivity contribution in [2.24, 2.45) is 0 Å². The van der Waals surface area contributed by atoms with Crippen LogP contribution < -0.4 is 20.4 Å². The van der Waals surface area contributed by atoms with E-state index in [0.717, 1.165) is 47.1 Å². The van der Waals surface area contributed by atoms with Gasteiger partial charge < -0.3 is 20.4 Å². The summed E-state index contributed by atoms with van der Waals surface area (Å²) in [4.78, 5) is 37.8. The highest BCUT2D eigenvalue weighted by Gasteiger charge is 2.30. The molecule has 16 heteroatoms. The monoisotopic (exact) mass is 666 g/mol. The molecule has 0 bridgehead atoms. The smallest absolute Gasteiger partial charge is 0.232 e. The summed E-state index contributed by atoms with van der Waals surface area (Å²) in [5.41, 5.74) is 2.95. The van der Waals surface area contributed by atoms with Gasteiger partial charge in [0.05, 0.1) is 62.8 Å². The number of halogens is 2. The van der Waals surface area contributed by atoms with Crippen LogP contribution in [-0.2, 0) is 22.4 Å². The van der Waals surface area contributed by atoms with Crippen molar-refractivity contribution >= 4 is 56.1 Å². The maximum atomic E-state index is 13.1. The van der Waals surface area contributed by atoms with E-state index in [1.165, 1.54) is 22.7 Å². The van der Waals surface area contributed by atoms with Crippen molar-refractivity contribution in [2.75, 3.05) is 46.6 Å². The number of carbonyl (C=O) groups excluding carboxylic acids is 2. The van der Waals surface area contributed by atoms with Crippen molar-refractivity contribution in [3.63, 3.8) is 0 Å². The number of aromatic nitrogens is 6. The zero-order valence-electron chi connectivity index (χ0n) is 24.8. The maximum Gasteiger partial charge on any atom is 0.232 e. The number of pyridine rings is 2. The Kier molecular flexibility index (Phi) is 8.80. The first-order valence-corrected chi connectivity index (χ1v) is 16.9. The largest absolute Gasteiger partial charge is 0.364 e. The topological polar surface area (TPSA) is 142 Å². The molecule has 3 fully saturated rings. The van der Waals surface area contributed by atoms with Crippen LogP contribution in [0.1, 0.15) is 58.9 Å². The molecule has 1 aliphatic carbocycles. The second-order valence-corrected chi connectivity index (χ2v) is 13.9. The molecule has 0 aromatic carbocycles. The summed E-state index contributed by atoms with van der Waals surface area (Å²) >= 11 is 2.76. The molecule has 2 saturated heterocycles. The molecule has 1 saturated carbocycles. The first-order chi connectivity index (χ1) is 22.3. The molecule has 6 heterocycles. The lowest BCUT2D eigenvalue weighted by molar-refractivity contribution is -0.116. The maximum absolute atomic E-state index is 13.1. The predicted molar refractivity (Wildman–Crippen MR) is 171 cm³/mol. The Bertz CT molecular complexity index is 1550. The highest BCUT2D eigenvalue weighted by atomic mass is 32.1. The summed E-state index contributed by atoms with van der Waals surface area (Å²) in [5, 5.41) is 25.5. The van der Waals surface area contributed by atoms with Gasteiger partial charge in [0.15, 0.2) is 0 Å². The predicted octanol–water partition coefficient (Wildman–Crippen LogP) is 4.30. The van der Waals surface area contributed by atoms with Crippen LogP contribution in [0.2, 0.25) is 0 Å². The van der Waals surface area contributed by atoms with Crippen LogP contribution in [0.15, 0.2) is 36.7 Å². The average molecular weight is 667 g/mol. The molecule has 12 nitrogen and oxygen atoms in total. The zero-order valence-corrected chi connectivity index (χ0v) is 26.4. The third-order valence-electron chi connectivity index (χ3n) is 8.45. The normalized spacial score (nSPS) is 20.2. The number of carbonyl (C=O) groups is 2. The number of hydrogen-bond acceptors (Lipinski definition) is 12. The number of rotatable bonds is 10. The van der Waals surface area contributed by atoms with Gasteiger partial charge >= 0.3 is 0 Å². The number of nitrogens with zero attached hydrogens (tertiary/aromatic N) is 8. The zero-order chi connectivity index (χ0) is 31.6. The van der Waals surface area contributed by atoms with Crippen molar-refractivity contribution in [3.8, 4) is 0 Å². The molecule has 240 valence electrons. The van der Waals surface area contributed by atoms with Crippen LogP contribution in [0.4, 0.5) is 30.4 Å². The number of alkyl halides is 2. The van der Waals surface area contributed by atoms with E-state index in [0.29, 0.717) is 47.8 Å². The molecule has 0 unspecified atom stereocenters. The minimum atomic E-state index is -0.789. The van der Waals surface area contributed by atoms with E-state index in [9.17, 15) is 18.4 Å². The quantitative estimate of drug-likeness (QED) is 0.252. The minimum Gasteiger partial charge on any atom is -0.364 e. The van der Waals surface area contributed by atoms with Gasteiger partial charge in [-0.3, -0.25) is 19.6 Å². The standard InChI is InChI=1S/C30H32F2N10O2S2/c31-19-13-41(14-19)23-6-4-21(33-11-23)9-25(43)35-29-39-37-27(45-29)17-2-1-3-18(8-17)28-38-40-30(46-28)36-26(44)10-22-5-7-24(12-34-22)42-15-20(32)16-42/h4-7,11-12,17-20H,1-3,8-10,13-16H2,(H,35,39,43)(H,36,40,44)/t17-,18-/m0/s1. The van der Waals surface area contributed by atoms with E-state index in [-0.39, 0.29) is 36.5 Å². The summed E-state index contributed by atoms with van der Waals surface area (Å²) < 4.78 is 26.2. The van der Waals surface area contributed by atoms with Gasteiger partial charge in [-0.25, -0.2) is 8.78 Å². The van der Waals surface area contributed by atoms with Crippen LogP contribution in [0, 0.1) is 0 Å². The Morgan fingerprint density at radius 2 is 1.17 bits per heavy atom. The molecule has 0 radical (unpaired) electrons. The highest BCUT2D eigenvalue weighted by Crippen LogP contribution is 2.43. The molecule has 3 aliphatic rings. The van der Waals surface area contributed by atoms with Gasteiger partial charge in [-0.2, -0.15) is 0 Å². The molecule has 2 N–H and O–H groups in total. The summed E-state index contributed by atoms with van der Waals surface area (Å²) in [6.07, 6.45) is 5.73. The molecule has 2 amide bonds. The Balaban J connectivity index is 0.883. The fraction of sp³-hybridized carbons (Fsp3) is 0.467. The summed E-state index contributed by atoms with van der Waals surface area (Å²) in [6, 6.07) is 7.28. The van der Waals surface area contributed by atoms with Crippen molar-refractivity contribution in [1.82, 2.24) is 30.4 Å². The van der Waals surface area contributed by atoms with E-state index < -0.39 is 12.3 Å². The van der Waals surface area contributed by atoms with Crippen molar-refractivity contribution in [3.05, 3.63) is 58.1 Å². The van der Waals surface area contributed by atoms with Crippen LogP contribution in [-0.4, -0.2) is 80.7 Å². The van der Waals surface area contributed by atoms with Crippen molar-refractivity contribution in [2.45, 2.75) is 62.7 Å². The van der Waals surface area contributed by atoms with E-state index in [1.807, 2.05) is 21.9 Å². The third kappa shape index (κ3) is 7.12. The lowest BCUT2D eigenvalue weighted by Gasteiger charge is -2.36. The second-order valence-electron chi connectivity index (χ2n) is 11.9. The molecule has 4 aromatic heterocycles. The Morgan fingerprint density at radius 3 is 1.57 bits per heavy atom. The molecule has 7 rings (SSSR count). The van der Waals surface area contributed by atoms with Crippen molar-refractivity contribution in [1.29, 1.82) is 0 Å². The lowest BCUT2D eigenvalue weighted by Crippen LogP contribution is -2.48. The number of hydrogen-bond donors (Lipinski definition) is 2. The van der Waals surface area contributed by atoms with Crippen LogP contribution in [0.3, 0.4) is 0 Å². The molecule has 2 aliphatic heterocycles. The number of anilines is 4. The van der Waals surface area contributed by atoms with Gasteiger partial charge in [0.1, 0.15) is 22.4 Å². The van der Waals surface area contributed by atoms with E-state index in [4.69, 9.17) is 0 Å². The molecular weight excluding hydrogens is 635 g/mol. The van der Waals surface area contributed by atoms with Gasteiger partial charge in [-0.15, -0.1) is 20.4 Å². The molecule has 4 aromatic rings. The molecule has 46 heavy (non-hydrogen) atoms. The van der Waals surface area contributed by atoms with E-state index in [1.54, 1.807) is 24.5 Å². The fourth-order valence-electron chi connectivity index (χ4n) is 5.88. The fourth-order valence-corrected chi connectivity index (χ4v) is 7.70. The first kappa shape index (κ1) is 30.5. The van der Waals surface area contributed by atoms with Crippen LogP contribution in [0.5, 0.6) is 0 Å². The molecule has 0 spiro atoms. The van der Waals surface area contributed by atoms with E-state index >= 15 is 0 Å².